The van der Waals surface area contributed by atoms with Crippen LogP contribution in [0.25, 0.3) is 28.0 Å². The predicted molar refractivity (Wildman–Crippen MR) is 135 cm³/mol. The molecule has 1 aliphatic rings. The maximum atomic E-state index is 13.3. The number of hydrogen-bond acceptors (Lipinski definition) is 4. The maximum absolute atomic E-state index is 13.3. The molecule has 8 heteroatoms. The highest BCUT2D eigenvalue weighted by molar-refractivity contribution is 7.98. The second kappa shape index (κ2) is 9.37. The molecular formula is C25H22Cl2N4OS. The largest absolute Gasteiger partial charge is 0.349 e. The number of thioether (sulfide) groups is 1. The third-order valence-electron chi connectivity index (χ3n) is 6.00. The number of amides is 1. The zero-order chi connectivity index (χ0) is 22.9. The highest BCUT2D eigenvalue weighted by atomic mass is 35.5. The Morgan fingerprint density at radius 3 is 2.48 bits per heavy atom. The van der Waals surface area contributed by atoms with Gasteiger partial charge in [-0.3, -0.25) is 4.79 Å². The van der Waals surface area contributed by atoms with Gasteiger partial charge in [-0.25, -0.2) is 9.50 Å². The van der Waals surface area contributed by atoms with E-state index < -0.39 is 0 Å². The number of fused-ring (bicyclic) bond motifs is 1. The van der Waals surface area contributed by atoms with Gasteiger partial charge in [0.15, 0.2) is 5.65 Å². The third kappa shape index (κ3) is 4.23. The van der Waals surface area contributed by atoms with Gasteiger partial charge in [0.05, 0.1) is 5.69 Å². The molecule has 1 amide bonds. The van der Waals surface area contributed by atoms with Gasteiger partial charge in [-0.2, -0.15) is 5.10 Å². The molecule has 5 rings (SSSR count). The van der Waals surface area contributed by atoms with E-state index in [4.69, 9.17) is 33.3 Å². The molecule has 2 aromatic heterocycles. The van der Waals surface area contributed by atoms with Gasteiger partial charge in [0.2, 0.25) is 0 Å². The van der Waals surface area contributed by atoms with Gasteiger partial charge in [0.1, 0.15) is 10.6 Å². The molecule has 0 atom stereocenters. The second-order valence-corrected chi connectivity index (χ2v) is 9.72. The lowest BCUT2D eigenvalue weighted by atomic mass is 10.0. The number of nitrogens with one attached hydrogen (secondary N) is 1. The van der Waals surface area contributed by atoms with Crippen LogP contribution in [0.1, 0.15) is 36.0 Å². The lowest BCUT2D eigenvalue weighted by Crippen LogP contribution is -2.32. The van der Waals surface area contributed by atoms with Crippen molar-refractivity contribution in [2.75, 3.05) is 6.26 Å². The third-order valence-corrected chi connectivity index (χ3v) is 7.26. The van der Waals surface area contributed by atoms with Crippen LogP contribution in [0, 0.1) is 0 Å². The van der Waals surface area contributed by atoms with Crippen molar-refractivity contribution in [1.29, 1.82) is 0 Å². The SMILES string of the molecule is CSc1nn2c(-c3ccc(Cl)cc3)c(-c3ccccc3Cl)cnc2c1C(=O)NC1CCCC1. The average Bonchev–Trinajstić information content (AvgIpc) is 3.46. The molecule has 0 aliphatic heterocycles. The lowest BCUT2D eigenvalue weighted by Gasteiger charge is -2.14. The number of carbonyl (C=O) groups is 1. The van der Waals surface area contributed by atoms with Gasteiger partial charge in [-0.15, -0.1) is 11.8 Å². The summed E-state index contributed by atoms with van der Waals surface area (Å²) >= 11 is 14.2. The molecule has 2 aromatic carbocycles. The summed E-state index contributed by atoms with van der Waals surface area (Å²) in [6.07, 6.45) is 8.02. The molecule has 0 spiro atoms. The Labute approximate surface area is 206 Å². The van der Waals surface area contributed by atoms with E-state index in [2.05, 4.69) is 5.32 Å². The van der Waals surface area contributed by atoms with Crippen molar-refractivity contribution in [2.45, 2.75) is 36.8 Å². The molecule has 1 N–H and O–H groups in total. The summed E-state index contributed by atoms with van der Waals surface area (Å²) in [5.74, 6) is -0.124. The first-order valence-corrected chi connectivity index (χ1v) is 12.8. The summed E-state index contributed by atoms with van der Waals surface area (Å²) in [7, 11) is 0. The van der Waals surface area contributed by atoms with Crippen molar-refractivity contribution in [2.24, 2.45) is 0 Å². The number of nitrogens with zero attached hydrogens (tertiary/aromatic N) is 3. The molecule has 0 radical (unpaired) electrons. The van der Waals surface area contributed by atoms with E-state index in [0.717, 1.165) is 48.1 Å². The van der Waals surface area contributed by atoms with Gasteiger partial charge in [-0.1, -0.05) is 66.4 Å². The molecule has 4 aromatic rings. The number of aromatic nitrogens is 3. The van der Waals surface area contributed by atoms with Crippen LogP contribution in [0.2, 0.25) is 10.0 Å². The molecule has 1 saturated carbocycles. The second-order valence-electron chi connectivity index (χ2n) is 8.08. The molecule has 0 saturated heterocycles. The summed E-state index contributed by atoms with van der Waals surface area (Å²) in [6, 6.07) is 15.4. The molecule has 2 heterocycles. The zero-order valence-corrected chi connectivity index (χ0v) is 20.3. The monoisotopic (exact) mass is 496 g/mol. The highest BCUT2D eigenvalue weighted by Crippen LogP contribution is 2.37. The van der Waals surface area contributed by atoms with E-state index in [1.165, 1.54) is 11.8 Å². The minimum absolute atomic E-state index is 0.124. The topological polar surface area (TPSA) is 59.3 Å². The standard InChI is InChI=1S/C25H22Cl2N4OS/c1-33-25-21(24(32)29-17-6-2-3-7-17)23-28-14-19(18-8-4-5-9-20(18)27)22(31(23)30-25)15-10-12-16(26)13-11-15/h4-5,8-14,17H,2-3,6-7H2,1H3,(H,29,32). The van der Waals surface area contributed by atoms with Crippen molar-refractivity contribution >= 4 is 46.5 Å². The summed E-state index contributed by atoms with van der Waals surface area (Å²) in [5.41, 5.74) is 4.41. The summed E-state index contributed by atoms with van der Waals surface area (Å²) < 4.78 is 1.76. The van der Waals surface area contributed by atoms with Gasteiger partial charge in [0.25, 0.3) is 5.91 Å². The van der Waals surface area contributed by atoms with Crippen LogP contribution >= 0.6 is 35.0 Å². The average molecular weight is 497 g/mol. The predicted octanol–water partition coefficient (Wildman–Crippen LogP) is 6.76. The van der Waals surface area contributed by atoms with E-state index in [-0.39, 0.29) is 11.9 Å². The van der Waals surface area contributed by atoms with Crippen LogP contribution < -0.4 is 5.32 Å². The summed E-state index contributed by atoms with van der Waals surface area (Å²) in [5, 5.41) is 9.91. The molecular weight excluding hydrogens is 475 g/mol. The van der Waals surface area contributed by atoms with Crippen molar-refractivity contribution in [3.8, 4) is 22.4 Å². The van der Waals surface area contributed by atoms with E-state index in [1.807, 2.05) is 54.8 Å². The van der Waals surface area contributed by atoms with Crippen LogP contribution in [0.3, 0.4) is 0 Å². The molecule has 1 aliphatic carbocycles. The first kappa shape index (κ1) is 22.3. The minimum atomic E-state index is -0.124. The van der Waals surface area contributed by atoms with Gasteiger partial charge in [0, 0.05) is 39.0 Å². The minimum Gasteiger partial charge on any atom is -0.349 e. The molecule has 1 fully saturated rings. The van der Waals surface area contributed by atoms with Crippen LogP contribution in [-0.2, 0) is 0 Å². The molecule has 0 unspecified atom stereocenters. The fourth-order valence-electron chi connectivity index (χ4n) is 4.40. The lowest BCUT2D eigenvalue weighted by molar-refractivity contribution is 0.0936. The van der Waals surface area contributed by atoms with Gasteiger partial charge >= 0.3 is 0 Å². The van der Waals surface area contributed by atoms with Gasteiger partial charge in [-0.05, 0) is 37.3 Å². The van der Waals surface area contributed by atoms with Crippen LogP contribution in [0.5, 0.6) is 0 Å². The van der Waals surface area contributed by atoms with E-state index in [9.17, 15) is 4.79 Å². The van der Waals surface area contributed by atoms with E-state index in [0.29, 0.717) is 26.3 Å². The van der Waals surface area contributed by atoms with Crippen LogP contribution in [0.4, 0.5) is 0 Å². The fourth-order valence-corrected chi connectivity index (χ4v) is 5.31. The first-order valence-electron chi connectivity index (χ1n) is 10.8. The number of halogens is 2. The quantitative estimate of drug-likeness (QED) is 0.310. The Hall–Kier alpha value is -2.54. The molecule has 168 valence electrons. The molecule has 0 bridgehead atoms. The Bertz CT molecular complexity index is 1330. The number of benzene rings is 2. The number of carbonyl (C=O) groups excluding carboxylic acids is 1. The smallest absolute Gasteiger partial charge is 0.258 e. The van der Waals surface area contributed by atoms with E-state index in [1.54, 1.807) is 10.7 Å². The van der Waals surface area contributed by atoms with Crippen molar-refractivity contribution in [1.82, 2.24) is 19.9 Å². The molecule has 33 heavy (non-hydrogen) atoms. The first-order chi connectivity index (χ1) is 16.1. The molecule has 5 nitrogen and oxygen atoms in total. The zero-order valence-electron chi connectivity index (χ0n) is 18.0. The maximum Gasteiger partial charge on any atom is 0.258 e. The highest BCUT2D eigenvalue weighted by Gasteiger charge is 2.27. The Kier molecular flexibility index (Phi) is 6.32. The fraction of sp³-hybridized carbons (Fsp3) is 0.240. The van der Waals surface area contributed by atoms with Crippen molar-refractivity contribution in [3.05, 3.63) is 70.3 Å². The van der Waals surface area contributed by atoms with Crippen LogP contribution in [0.15, 0.2) is 59.8 Å². The Morgan fingerprint density at radius 2 is 1.79 bits per heavy atom. The number of rotatable bonds is 5. The summed E-state index contributed by atoms with van der Waals surface area (Å²) in [4.78, 5) is 18.0. The number of hydrogen-bond donors (Lipinski definition) is 1. The van der Waals surface area contributed by atoms with Gasteiger partial charge < -0.3 is 5.32 Å². The van der Waals surface area contributed by atoms with Crippen molar-refractivity contribution in [3.63, 3.8) is 0 Å². The van der Waals surface area contributed by atoms with E-state index >= 15 is 0 Å². The van der Waals surface area contributed by atoms with Crippen molar-refractivity contribution < 1.29 is 4.79 Å². The Balaban J connectivity index is 1.74. The normalized spacial score (nSPS) is 14.2. The summed E-state index contributed by atoms with van der Waals surface area (Å²) in [6.45, 7) is 0. The Morgan fingerprint density at radius 1 is 1.06 bits per heavy atom. The van der Waals surface area contributed by atoms with Crippen LogP contribution in [-0.4, -0.2) is 32.8 Å².